The fourth-order valence-electron chi connectivity index (χ4n) is 3.77. The molecule has 1 aromatic heterocycles. The molecule has 130 valence electrons. The van der Waals surface area contributed by atoms with Crippen molar-refractivity contribution in [3.63, 3.8) is 0 Å². The maximum Gasteiger partial charge on any atom is 0.227 e. The van der Waals surface area contributed by atoms with E-state index in [0.29, 0.717) is 19.5 Å². The maximum atomic E-state index is 12.4. The van der Waals surface area contributed by atoms with Gasteiger partial charge in [-0.2, -0.15) is 0 Å². The summed E-state index contributed by atoms with van der Waals surface area (Å²) >= 11 is 1.70. The molecule has 0 unspecified atom stereocenters. The van der Waals surface area contributed by atoms with Crippen molar-refractivity contribution in [3.8, 4) is 0 Å². The standard InChI is InChI=1S/C20H22N2O2S/c23-19-12-16(20(24)21-9-8-18-5-2-10-25-18)13-22(19)17-7-6-14-3-1-4-15(14)11-17/h2,5-7,10-11,16H,1,3-4,8-9,12-13H2,(H,21,24)/t16-/m0/s1. The largest absolute Gasteiger partial charge is 0.355 e. The summed E-state index contributed by atoms with van der Waals surface area (Å²) in [6.07, 6.45) is 4.58. The lowest BCUT2D eigenvalue weighted by Crippen LogP contribution is -2.34. The van der Waals surface area contributed by atoms with E-state index >= 15 is 0 Å². The first-order valence-corrected chi connectivity index (χ1v) is 9.81. The van der Waals surface area contributed by atoms with Gasteiger partial charge in [0.1, 0.15) is 0 Å². The Balaban J connectivity index is 1.35. The van der Waals surface area contributed by atoms with E-state index in [1.165, 1.54) is 22.4 Å². The number of hydrogen-bond acceptors (Lipinski definition) is 3. The molecule has 2 aromatic rings. The molecule has 4 rings (SSSR count). The molecule has 0 saturated carbocycles. The number of carbonyl (C=O) groups excluding carboxylic acids is 2. The van der Waals surface area contributed by atoms with Crippen molar-refractivity contribution in [2.24, 2.45) is 5.92 Å². The minimum Gasteiger partial charge on any atom is -0.355 e. The normalized spacial score (nSPS) is 19.3. The Morgan fingerprint density at radius 2 is 2.12 bits per heavy atom. The number of benzene rings is 1. The lowest BCUT2D eigenvalue weighted by Gasteiger charge is -2.18. The summed E-state index contributed by atoms with van der Waals surface area (Å²) in [6, 6.07) is 10.4. The molecule has 1 atom stereocenters. The number of aryl methyl sites for hydroxylation is 2. The second-order valence-corrected chi connectivity index (χ2v) is 7.86. The molecule has 1 N–H and O–H groups in total. The molecule has 1 aliphatic heterocycles. The van der Waals surface area contributed by atoms with Gasteiger partial charge in [0.2, 0.25) is 11.8 Å². The number of fused-ring (bicyclic) bond motifs is 1. The summed E-state index contributed by atoms with van der Waals surface area (Å²) in [5, 5.41) is 5.03. The molecule has 2 heterocycles. The Morgan fingerprint density at radius 1 is 1.24 bits per heavy atom. The smallest absolute Gasteiger partial charge is 0.227 e. The fraction of sp³-hybridized carbons (Fsp3) is 0.400. The fourth-order valence-corrected chi connectivity index (χ4v) is 4.48. The van der Waals surface area contributed by atoms with Crippen LogP contribution < -0.4 is 10.2 Å². The molecule has 25 heavy (non-hydrogen) atoms. The Hall–Kier alpha value is -2.14. The molecule has 1 saturated heterocycles. The lowest BCUT2D eigenvalue weighted by atomic mass is 10.1. The summed E-state index contributed by atoms with van der Waals surface area (Å²) in [4.78, 5) is 27.8. The van der Waals surface area contributed by atoms with Gasteiger partial charge < -0.3 is 10.2 Å². The molecule has 0 bridgehead atoms. The van der Waals surface area contributed by atoms with E-state index < -0.39 is 0 Å². The molecule has 5 heteroatoms. The number of amides is 2. The van der Waals surface area contributed by atoms with Gasteiger partial charge in [0, 0.05) is 30.1 Å². The van der Waals surface area contributed by atoms with Crippen LogP contribution in [0.4, 0.5) is 5.69 Å². The zero-order chi connectivity index (χ0) is 17.2. The Labute approximate surface area is 151 Å². The van der Waals surface area contributed by atoms with Gasteiger partial charge in [0.05, 0.1) is 5.92 Å². The van der Waals surface area contributed by atoms with Crippen LogP contribution in [0.3, 0.4) is 0 Å². The van der Waals surface area contributed by atoms with Crippen molar-refractivity contribution in [1.29, 1.82) is 0 Å². The number of rotatable bonds is 5. The van der Waals surface area contributed by atoms with Crippen LogP contribution in [0.1, 0.15) is 28.8 Å². The number of carbonyl (C=O) groups is 2. The van der Waals surface area contributed by atoms with Crippen molar-refractivity contribution in [2.45, 2.75) is 32.1 Å². The van der Waals surface area contributed by atoms with Crippen LogP contribution in [0.2, 0.25) is 0 Å². The molecular weight excluding hydrogens is 332 g/mol. The van der Waals surface area contributed by atoms with E-state index in [1.54, 1.807) is 16.2 Å². The van der Waals surface area contributed by atoms with Gasteiger partial charge >= 0.3 is 0 Å². The Kier molecular flexibility index (Phi) is 4.57. The van der Waals surface area contributed by atoms with Crippen LogP contribution in [0.15, 0.2) is 35.7 Å². The van der Waals surface area contributed by atoms with Gasteiger partial charge in [-0.25, -0.2) is 0 Å². The first-order valence-electron chi connectivity index (χ1n) is 8.93. The van der Waals surface area contributed by atoms with Crippen LogP contribution in [0, 0.1) is 5.92 Å². The summed E-state index contributed by atoms with van der Waals surface area (Å²) in [7, 11) is 0. The highest BCUT2D eigenvalue weighted by atomic mass is 32.1. The van der Waals surface area contributed by atoms with Gasteiger partial charge in [-0.15, -0.1) is 11.3 Å². The monoisotopic (exact) mass is 354 g/mol. The van der Waals surface area contributed by atoms with Gasteiger partial charge in [-0.3, -0.25) is 9.59 Å². The van der Waals surface area contributed by atoms with Crippen LogP contribution in [0.25, 0.3) is 0 Å². The van der Waals surface area contributed by atoms with E-state index in [9.17, 15) is 9.59 Å². The topological polar surface area (TPSA) is 49.4 Å². The lowest BCUT2D eigenvalue weighted by molar-refractivity contribution is -0.126. The van der Waals surface area contributed by atoms with Crippen LogP contribution >= 0.6 is 11.3 Å². The van der Waals surface area contributed by atoms with Crippen molar-refractivity contribution in [1.82, 2.24) is 5.32 Å². The van der Waals surface area contributed by atoms with E-state index in [-0.39, 0.29) is 17.7 Å². The number of thiophene rings is 1. The summed E-state index contributed by atoms with van der Waals surface area (Å²) in [5.74, 6) is -0.200. The van der Waals surface area contributed by atoms with Crippen molar-refractivity contribution in [2.75, 3.05) is 18.0 Å². The number of hydrogen-bond donors (Lipinski definition) is 1. The van der Waals surface area contributed by atoms with Crippen LogP contribution in [-0.4, -0.2) is 24.9 Å². The quantitative estimate of drug-likeness (QED) is 0.897. The zero-order valence-electron chi connectivity index (χ0n) is 14.2. The molecule has 1 aliphatic carbocycles. The van der Waals surface area contributed by atoms with Crippen LogP contribution in [0.5, 0.6) is 0 Å². The Bertz CT molecular complexity index is 785. The molecule has 0 spiro atoms. The third-order valence-electron chi connectivity index (χ3n) is 5.14. The number of nitrogens with one attached hydrogen (secondary N) is 1. The van der Waals surface area contributed by atoms with Gasteiger partial charge in [-0.05, 0) is 60.4 Å². The predicted molar refractivity (Wildman–Crippen MR) is 100.0 cm³/mol. The second-order valence-electron chi connectivity index (χ2n) is 6.83. The minimum absolute atomic E-state index is 0.00596. The maximum absolute atomic E-state index is 12.4. The molecular formula is C20H22N2O2S. The first-order chi connectivity index (χ1) is 12.2. The average molecular weight is 354 g/mol. The zero-order valence-corrected chi connectivity index (χ0v) is 15.0. The molecule has 0 radical (unpaired) electrons. The van der Waals surface area contributed by atoms with E-state index in [1.807, 2.05) is 17.5 Å². The highest BCUT2D eigenvalue weighted by Gasteiger charge is 2.35. The second kappa shape index (κ2) is 7.00. The molecule has 1 fully saturated rings. The van der Waals surface area contributed by atoms with Gasteiger partial charge in [0.25, 0.3) is 0 Å². The van der Waals surface area contributed by atoms with E-state index in [4.69, 9.17) is 0 Å². The minimum atomic E-state index is -0.246. The highest BCUT2D eigenvalue weighted by Crippen LogP contribution is 2.30. The highest BCUT2D eigenvalue weighted by molar-refractivity contribution is 7.09. The van der Waals surface area contributed by atoms with Crippen molar-refractivity contribution >= 4 is 28.8 Å². The summed E-state index contributed by atoms with van der Waals surface area (Å²) < 4.78 is 0. The van der Waals surface area contributed by atoms with Gasteiger partial charge in [0.15, 0.2) is 0 Å². The molecule has 4 nitrogen and oxygen atoms in total. The average Bonchev–Trinajstić information content (AvgIpc) is 3.34. The van der Waals surface area contributed by atoms with Crippen molar-refractivity contribution < 1.29 is 9.59 Å². The summed E-state index contributed by atoms with van der Waals surface area (Å²) in [6.45, 7) is 1.12. The summed E-state index contributed by atoms with van der Waals surface area (Å²) in [5.41, 5.74) is 3.70. The van der Waals surface area contributed by atoms with E-state index in [2.05, 4.69) is 23.5 Å². The van der Waals surface area contributed by atoms with Crippen LogP contribution in [-0.2, 0) is 28.9 Å². The van der Waals surface area contributed by atoms with Crippen molar-refractivity contribution in [3.05, 3.63) is 51.7 Å². The molecule has 2 aliphatic rings. The molecule has 1 aromatic carbocycles. The first kappa shape index (κ1) is 16.3. The predicted octanol–water partition coefficient (Wildman–Crippen LogP) is 2.95. The third-order valence-corrected chi connectivity index (χ3v) is 6.08. The molecule has 2 amide bonds. The van der Waals surface area contributed by atoms with Gasteiger partial charge in [-0.1, -0.05) is 12.1 Å². The number of anilines is 1. The third kappa shape index (κ3) is 3.47. The Morgan fingerprint density at radius 3 is 2.96 bits per heavy atom. The SMILES string of the molecule is O=C(NCCc1cccs1)[C@H]1CC(=O)N(c2ccc3c(c2)CCC3)C1. The van der Waals surface area contributed by atoms with E-state index in [0.717, 1.165) is 24.9 Å². The number of nitrogens with zero attached hydrogens (tertiary/aromatic N) is 1.